The number of aromatic hydroxyl groups is 1. The first-order valence-corrected chi connectivity index (χ1v) is 7.94. The summed E-state index contributed by atoms with van der Waals surface area (Å²) in [6, 6.07) is 10.1. The van der Waals surface area contributed by atoms with Crippen molar-refractivity contribution in [1.29, 1.82) is 0 Å². The summed E-state index contributed by atoms with van der Waals surface area (Å²) in [5.41, 5.74) is 1.95. The average molecular weight is 347 g/mol. The summed E-state index contributed by atoms with van der Waals surface area (Å²) in [6.45, 7) is 0. The fourth-order valence-corrected chi connectivity index (χ4v) is 2.44. The number of alkyl halides is 1. The van der Waals surface area contributed by atoms with Gasteiger partial charge < -0.3 is 14.6 Å². The standard InChI is InChI=1S/C19H19ClO4/c1-23-16-9-13(10-17(12-16)24-2)3-5-18(21)14-4-6-19(22)15(11-14)7-8-20/h3-6,9-12,22H,7-8H2,1-2H3/b5-3+. The molecule has 1 N–H and O–H groups in total. The first kappa shape index (κ1) is 17.9. The highest BCUT2D eigenvalue weighted by molar-refractivity contribution is 6.18. The number of halogens is 1. The van der Waals surface area contributed by atoms with Gasteiger partial charge in [0.05, 0.1) is 14.2 Å². The van der Waals surface area contributed by atoms with E-state index in [-0.39, 0.29) is 11.5 Å². The molecular weight excluding hydrogens is 328 g/mol. The van der Waals surface area contributed by atoms with E-state index in [2.05, 4.69) is 0 Å². The van der Waals surface area contributed by atoms with Crippen LogP contribution in [0.1, 0.15) is 21.5 Å². The number of allylic oxidation sites excluding steroid dienone is 1. The molecule has 0 unspecified atom stereocenters. The minimum atomic E-state index is -0.160. The summed E-state index contributed by atoms with van der Waals surface area (Å²) < 4.78 is 10.4. The molecule has 0 amide bonds. The van der Waals surface area contributed by atoms with Gasteiger partial charge in [0.25, 0.3) is 0 Å². The zero-order chi connectivity index (χ0) is 17.5. The van der Waals surface area contributed by atoms with Gasteiger partial charge in [-0.25, -0.2) is 0 Å². The zero-order valence-corrected chi connectivity index (χ0v) is 14.3. The van der Waals surface area contributed by atoms with Crippen molar-refractivity contribution in [3.8, 4) is 17.2 Å². The number of aryl methyl sites for hydroxylation is 1. The van der Waals surface area contributed by atoms with Crippen molar-refractivity contribution in [2.24, 2.45) is 0 Å². The normalized spacial score (nSPS) is 10.8. The van der Waals surface area contributed by atoms with Crippen molar-refractivity contribution in [2.75, 3.05) is 20.1 Å². The van der Waals surface area contributed by atoms with Crippen molar-refractivity contribution >= 4 is 23.5 Å². The molecule has 0 aromatic heterocycles. The molecule has 126 valence electrons. The Labute approximate surface area is 146 Å². The van der Waals surface area contributed by atoms with Crippen LogP contribution in [0.25, 0.3) is 6.08 Å². The van der Waals surface area contributed by atoms with Crippen molar-refractivity contribution in [1.82, 2.24) is 0 Å². The Morgan fingerprint density at radius 3 is 2.38 bits per heavy atom. The monoisotopic (exact) mass is 346 g/mol. The molecule has 0 saturated heterocycles. The van der Waals surface area contributed by atoms with Crippen LogP contribution in [-0.4, -0.2) is 31.0 Å². The van der Waals surface area contributed by atoms with Crippen LogP contribution >= 0.6 is 11.6 Å². The van der Waals surface area contributed by atoms with Crippen LogP contribution in [0.4, 0.5) is 0 Å². The van der Waals surface area contributed by atoms with Crippen LogP contribution in [0.2, 0.25) is 0 Å². The number of ether oxygens (including phenoxy) is 2. The summed E-state index contributed by atoms with van der Waals surface area (Å²) in [5.74, 6) is 1.66. The Morgan fingerprint density at radius 1 is 1.12 bits per heavy atom. The summed E-state index contributed by atoms with van der Waals surface area (Å²) in [6.07, 6.45) is 3.68. The molecule has 0 aliphatic heterocycles. The van der Waals surface area contributed by atoms with Gasteiger partial charge in [0.2, 0.25) is 0 Å². The van der Waals surface area contributed by atoms with E-state index >= 15 is 0 Å². The summed E-state index contributed by atoms with van der Waals surface area (Å²) in [4.78, 5) is 12.3. The first-order chi connectivity index (χ1) is 11.6. The summed E-state index contributed by atoms with van der Waals surface area (Å²) >= 11 is 5.70. The lowest BCUT2D eigenvalue weighted by Crippen LogP contribution is -1.97. The van der Waals surface area contributed by atoms with Crippen molar-refractivity contribution in [3.63, 3.8) is 0 Å². The third-order valence-corrected chi connectivity index (χ3v) is 3.72. The molecule has 0 fully saturated rings. The largest absolute Gasteiger partial charge is 0.508 e. The fraction of sp³-hybridized carbons (Fsp3) is 0.211. The van der Waals surface area contributed by atoms with Crippen LogP contribution in [-0.2, 0) is 6.42 Å². The molecule has 0 aliphatic carbocycles. The second kappa shape index (κ2) is 8.41. The SMILES string of the molecule is COc1cc(/C=C/C(=O)c2ccc(O)c(CCCl)c2)cc(OC)c1. The maximum absolute atomic E-state index is 12.3. The predicted molar refractivity (Wildman–Crippen MR) is 95.4 cm³/mol. The van der Waals surface area contributed by atoms with Gasteiger partial charge in [0.15, 0.2) is 5.78 Å². The highest BCUT2D eigenvalue weighted by Crippen LogP contribution is 2.24. The third-order valence-electron chi connectivity index (χ3n) is 3.53. The quantitative estimate of drug-likeness (QED) is 0.466. The van der Waals surface area contributed by atoms with Gasteiger partial charge in [-0.3, -0.25) is 4.79 Å². The van der Waals surface area contributed by atoms with E-state index in [1.165, 1.54) is 12.1 Å². The molecule has 0 spiro atoms. The highest BCUT2D eigenvalue weighted by Gasteiger charge is 2.07. The molecule has 2 rings (SSSR count). The predicted octanol–water partition coefficient (Wildman–Crippen LogP) is 4.09. The minimum absolute atomic E-state index is 0.147. The van der Waals surface area contributed by atoms with Crippen LogP contribution in [0.3, 0.4) is 0 Å². The second-order valence-corrected chi connectivity index (χ2v) is 5.50. The topological polar surface area (TPSA) is 55.8 Å². The second-order valence-electron chi connectivity index (χ2n) is 5.13. The molecule has 0 saturated carbocycles. The number of hydrogen-bond acceptors (Lipinski definition) is 4. The molecule has 5 heteroatoms. The van der Waals surface area contributed by atoms with Crippen molar-refractivity contribution in [2.45, 2.75) is 6.42 Å². The van der Waals surface area contributed by atoms with E-state index < -0.39 is 0 Å². The van der Waals surface area contributed by atoms with Crippen molar-refractivity contribution < 1.29 is 19.4 Å². The molecule has 24 heavy (non-hydrogen) atoms. The summed E-state index contributed by atoms with van der Waals surface area (Å²) in [5, 5.41) is 9.76. The fourth-order valence-electron chi connectivity index (χ4n) is 2.23. The number of phenolic OH excluding ortho intramolecular Hbond substituents is 1. The van der Waals surface area contributed by atoms with Gasteiger partial charge in [-0.05, 0) is 54.0 Å². The van der Waals surface area contributed by atoms with Gasteiger partial charge in [-0.1, -0.05) is 6.08 Å². The lowest BCUT2D eigenvalue weighted by molar-refractivity contribution is 0.104. The number of carbonyl (C=O) groups is 1. The smallest absolute Gasteiger partial charge is 0.185 e. The molecule has 0 aliphatic rings. The van der Waals surface area contributed by atoms with Crippen molar-refractivity contribution in [3.05, 3.63) is 59.2 Å². The highest BCUT2D eigenvalue weighted by atomic mass is 35.5. The van der Waals surface area contributed by atoms with Gasteiger partial charge in [-0.2, -0.15) is 0 Å². The molecule has 0 heterocycles. The number of benzene rings is 2. The average Bonchev–Trinajstić information content (AvgIpc) is 2.61. The molecule has 2 aromatic carbocycles. The third kappa shape index (κ3) is 4.52. The number of rotatable bonds is 7. The number of methoxy groups -OCH3 is 2. The molecule has 2 aromatic rings. The lowest BCUT2D eigenvalue weighted by atomic mass is 10.0. The molecule has 0 radical (unpaired) electrons. The van der Waals surface area contributed by atoms with Crippen LogP contribution in [0.15, 0.2) is 42.5 Å². The Balaban J connectivity index is 2.23. The van der Waals surface area contributed by atoms with Gasteiger partial charge >= 0.3 is 0 Å². The Bertz CT molecular complexity index is 731. The number of carbonyl (C=O) groups excluding carboxylic acids is 1. The first-order valence-electron chi connectivity index (χ1n) is 7.40. The maximum atomic E-state index is 12.3. The molecular formula is C19H19ClO4. The van der Waals surface area contributed by atoms with Crippen LogP contribution < -0.4 is 9.47 Å². The van der Waals surface area contributed by atoms with Crippen LogP contribution in [0, 0.1) is 0 Å². The number of ketones is 1. The van der Waals surface area contributed by atoms with E-state index in [4.69, 9.17) is 21.1 Å². The summed E-state index contributed by atoms with van der Waals surface area (Å²) in [7, 11) is 3.14. The van der Waals surface area contributed by atoms with E-state index in [0.29, 0.717) is 34.9 Å². The number of phenols is 1. The Morgan fingerprint density at radius 2 is 1.79 bits per heavy atom. The minimum Gasteiger partial charge on any atom is -0.508 e. The number of hydrogen-bond donors (Lipinski definition) is 1. The van der Waals surface area contributed by atoms with Gasteiger partial charge in [0.1, 0.15) is 17.2 Å². The van der Waals surface area contributed by atoms with E-state index in [9.17, 15) is 9.90 Å². The van der Waals surface area contributed by atoms with E-state index in [1.807, 2.05) is 12.1 Å². The Kier molecular flexibility index (Phi) is 6.27. The van der Waals surface area contributed by atoms with E-state index in [1.54, 1.807) is 38.5 Å². The maximum Gasteiger partial charge on any atom is 0.185 e. The lowest BCUT2D eigenvalue weighted by Gasteiger charge is -2.06. The zero-order valence-electron chi connectivity index (χ0n) is 13.6. The van der Waals surface area contributed by atoms with Gasteiger partial charge in [0, 0.05) is 17.5 Å². The van der Waals surface area contributed by atoms with E-state index in [0.717, 1.165) is 5.56 Å². The molecule has 0 bridgehead atoms. The molecule has 4 nitrogen and oxygen atoms in total. The van der Waals surface area contributed by atoms with Crippen LogP contribution in [0.5, 0.6) is 17.2 Å². The Hall–Kier alpha value is -2.46. The van der Waals surface area contributed by atoms with Gasteiger partial charge in [-0.15, -0.1) is 11.6 Å². The molecule has 0 atom stereocenters.